The van der Waals surface area contributed by atoms with Gasteiger partial charge in [0.25, 0.3) is 11.8 Å². The van der Waals surface area contributed by atoms with E-state index in [2.05, 4.69) is 24.1 Å². The Morgan fingerprint density at radius 2 is 1.81 bits per heavy atom. The molecule has 4 rings (SSSR count). The summed E-state index contributed by atoms with van der Waals surface area (Å²) >= 11 is 5.62. The van der Waals surface area contributed by atoms with Crippen LogP contribution in [-0.2, 0) is 11.0 Å². The molecule has 12 heteroatoms. The zero-order valence-corrected chi connectivity index (χ0v) is 21.1. The van der Waals surface area contributed by atoms with Gasteiger partial charge in [-0.25, -0.2) is 9.37 Å². The number of alkyl halides is 3. The third kappa shape index (κ3) is 4.41. The number of halogens is 4. The van der Waals surface area contributed by atoms with Crippen molar-refractivity contribution in [2.45, 2.75) is 51.2 Å². The third-order valence-electron chi connectivity index (χ3n) is 7.07. The summed E-state index contributed by atoms with van der Waals surface area (Å²) < 4.78 is 55.8. The van der Waals surface area contributed by atoms with Crippen LogP contribution in [0.1, 0.15) is 61.1 Å². The molecule has 2 amide bonds. The van der Waals surface area contributed by atoms with Gasteiger partial charge in [-0.2, -0.15) is 18.4 Å². The minimum atomic E-state index is -4.89. The van der Waals surface area contributed by atoms with Gasteiger partial charge in [-0.05, 0) is 67.6 Å². The van der Waals surface area contributed by atoms with E-state index in [1.807, 2.05) is 0 Å². The molecule has 0 unspecified atom stereocenters. The van der Waals surface area contributed by atoms with E-state index >= 15 is 0 Å². The van der Waals surface area contributed by atoms with E-state index in [0.29, 0.717) is 31.7 Å². The van der Waals surface area contributed by atoms with Crippen LogP contribution in [0, 0.1) is 22.6 Å². The van der Waals surface area contributed by atoms with Crippen molar-refractivity contribution in [2.24, 2.45) is 5.41 Å². The van der Waals surface area contributed by atoms with Crippen molar-refractivity contribution in [1.82, 2.24) is 10.3 Å². The summed E-state index contributed by atoms with van der Waals surface area (Å²) in [5.41, 5.74) is -3.71. The molecule has 1 spiro atoms. The van der Waals surface area contributed by atoms with E-state index in [4.69, 9.17) is 17.5 Å². The van der Waals surface area contributed by atoms with Crippen LogP contribution in [0.3, 0.4) is 0 Å². The van der Waals surface area contributed by atoms with Gasteiger partial charge in [-0.1, -0.05) is 13.8 Å². The lowest BCUT2D eigenvalue weighted by Crippen LogP contribution is -2.53. The van der Waals surface area contributed by atoms with Gasteiger partial charge in [-0.15, -0.1) is 0 Å². The van der Waals surface area contributed by atoms with Crippen molar-refractivity contribution in [3.63, 3.8) is 0 Å². The van der Waals surface area contributed by atoms with Gasteiger partial charge in [0.1, 0.15) is 17.4 Å². The second kappa shape index (κ2) is 9.06. The molecule has 2 aromatic rings. The van der Waals surface area contributed by atoms with Gasteiger partial charge in [0, 0.05) is 12.7 Å². The number of carbonyl (C=O) groups is 2. The van der Waals surface area contributed by atoms with Gasteiger partial charge in [0.05, 0.1) is 23.0 Å². The van der Waals surface area contributed by atoms with Gasteiger partial charge in [0.15, 0.2) is 10.8 Å². The molecule has 1 aromatic heterocycles. The molecule has 1 aliphatic carbocycles. The van der Waals surface area contributed by atoms with Crippen molar-refractivity contribution < 1.29 is 27.2 Å². The number of carbonyl (C=O) groups excluding carboxylic acids is 2. The van der Waals surface area contributed by atoms with Crippen LogP contribution in [0.4, 0.5) is 28.9 Å². The Labute approximate surface area is 216 Å². The highest BCUT2D eigenvalue weighted by atomic mass is 32.1. The average molecular weight is 534 g/mol. The molecule has 1 saturated carbocycles. The van der Waals surface area contributed by atoms with Gasteiger partial charge < -0.3 is 10.2 Å². The Bertz CT molecular complexity index is 1340. The van der Waals surface area contributed by atoms with Crippen molar-refractivity contribution in [2.75, 3.05) is 16.8 Å². The number of thiocarbonyl (C=S) groups is 1. The number of nitrogens with one attached hydrogen (secondary N) is 1. The number of nitriles is 1. The van der Waals surface area contributed by atoms with E-state index in [0.717, 1.165) is 17.2 Å². The SMILES string of the molecule is CNC(=O)c1ccc(N2C(=S)N(c3cnc(C#N)c(C(F)(F)F)c3)C(=O)C23CCC(C)(C)CC3)cc1F. The van der Waals surface area contributed by atoms with Gasteiger partial charge in [-0.3, -0.25) is 14.5 Å². The van der Waals surface area contributed by atoms with Gasteiger partial charge in [0.2, 0.25) is 0 Å². The smallest absolute Gasteiger partial charge is 0.355 e. The Kier molecular flexibility index (Phi) is 6.48. The predicted octanol–water partition coefficient (Wildman–Crippen LogP) is 4.95. The summed E-state index contributed by atoms with van der Waals surface area (Å²) in [5, 5.41) is 11.3. The number of nitrogens with zero attached hydrogens (tertiary/aromatic N) is 4. The first kappa shape index (κ1) is 26.5. The monoisotopic (exact) mass is 533 g/mol. The van der Waals surface area contributed by atoms with Crippen LogP contribution in [0.2, 0.25) is 0 Å². The van der Waals surface area contributed by atoms with Crippen LogP contribution in [0.5, 0.6) is 0 Å². The zero-order chi connectivity index (χ0) is 27.3. The predicted molar refractivity (Wildman–Crippen MR) is 131 cm³/mol. The molecular formula is C25H23F4N5O2S. The van der Waals surface area contributed by atoms with E-state index in [1.54, 1.807) is 0 Å². The minimum Gasteiger partial charge on any atom is -0.355 e. The molecule has 1 saturated heterocycles. The molecule has 1 aliphatic heterocycles. The van der Waals surface area contributed by atoms with Crippen LogP contribution in [0.15, 0.2) is 30.5 Å². The summed E-state index contributed by atoms with van der Waals surface area (Å²) in [4.78, 5) is 32.0. The number of amides is 2. The number of benzene rings is 1. The Morgan fingerprint density at radius 1 is 1.16 bits per heavy atom. The van der Waals surface area contributed by atoms with Crippen LogP contribution in [-0.4, -0.2) is 34.5 Å². The Hall–Kier alpha value is -3.59. The standard InChI is InChI=1S/C25H23F4N5O2S/c1-23(2)6-8-24(9-7-23)21(36)33(15-10-17(25(27,28)29)19(12-30)32-13-15)22(37)34(24)14-4-5-16(18(26)11-14)20(35)31-3/h4-5,10-11,13H,6-9H2,1-3H3,(H,31,35). The number of hydrogen-bond donors (Lipinski definition) is 1. The highest BCUT2D eigenvalue weighted by molar-refractivity contribution is 7.81. The fraction of sp³-hybridized carbons (Fsp3) is 0.400. The molecule has 2 fully saturated rings. The quantitative estimate of drug-likeness (QED) is 0.444. The van der Waals surface area contributed by atoms with E-state index in [1.165, 1.54) is 30.1 Å². The molecule has 194 valence electrons. The largest absolute Gasteiger partial charge is 0.419 e. The minimum absolute atomic E-state index is 0.0833. The second-order valence-corrected chi connectivity index (χ2v) is 10.3. The number of hydrogen-bond acceptors (Lipinski definition) is 5. The van der Waals surface area contributed by atoms with Crippen LogP contribution >= 0.6 is 12.2 Å². The lowest BCUT2D eigenvalue weighted by Gasteiger charge is -2.44. The Balaban J connectivity index is 1.86. The Morgan fingerprint density at radius 3 is 2.35 bits per heavy atom. The zero-order valence-electron chi connectivity index (χ0n) is 20.2. The highest BCUT2D eigenvalue weighted by Gasteiger charge is 2.58. The molecule has 2 aliphatic rings. The molecule has 0 bridgehead atoms. The maximum atomic E-state index is 14.9. The summed E-state index contributed by atoms with van der Waals surface area (Å²) in [7, 11) is 1.36. The normalized spacial score (nSPS) is 18.8. The van der Waals surface area contributed by atoms with Crippen LogP contribution < -0.4 is 15.1 Å². The second-order valence-electron chi connectivity index (χ2n) is 9.90. The van der Waals surface area contributed by atoms with E-state index in [-0.39, 0.29) is 27.5 Å². The first-order chi connectivity index (χ1) is 17.3. The molecule has 0 radical (unpaired) electrons. The number of anilines is 2. The first-order valence-corrected chi connectivity index (χ1v) is 11.8. The maximum Gasteiger partial charge on any atom is 0.419 e. The summed E-state index contributed by atoms with van der Waals surface area (Å²) in [6, 6.07) is 5.91. The topological polar surface area (TPSA) is 89.3 Å². The van der Waals surface area contributed by atoms with E-state index < -0.39 is 40.6 Å². The highest BCUT2D eigenvalue weighted by Crippen LogP contribution is 2.49. The summed E-state index contributed by atoms with van der Waals surface area (Å²) in [5.74, 6) is -2.03. The number of pyridine rings is 1. The molecule has 1 aromatic carbocycles. The fourth-order valence-corrected chi connectivity index (χ4v) is 5.35. The molecule has 1 N–H and O–H groups in total. The lowest BCUT2D eigenvalue weighted by molar-refractivity contribution is -0.138. The molecular weight excluding hydrogens is 510 g/mol. The average Bonchev–Trinajstić information content (AvgIpc) is 3.05. The van der Waals surface area contributed by atoms with Crippen molar-refractivity contribution in [3.05, 3.63) is 53.1 Å². The first-order valence-electron chi connectivity index (χ1n) is 11.4. The van der Waals surface area contributed by atoms with Crippen molar-refractivity contribution >= 4 is 40.5 Å². The summed E-state index contributed by atoms with van der Waals surface area (Å²) in [6.07, 6.45) is -2.01. The summed E-state index contributed by atoms with van der Waals surface area (Å²) in [6.45, 7) is 4.11. The number of aromatic nitrogens is 1. The maximum absolute atomic E-state index is 14.9. The van der Waals surface area contributed by atoms with E-state index in [9.17, 15) is 27.2 Å². The fourth-order valence-electron chi connectivity index (χ4n) is 4.88. The molecule has 7 nitrogen and oxygen atoms in total. The molecule has 2 heterocycles. The molecule has 0 atom stereocenters. The van der Waals surface area contributed by atoms with Crippen molar-refractivity contribution in [1.29, 1.82) is 5.26 Å². The third-order valence-corrected chi connectivity index (χ3v) is 7.43. The van der Waals surface area contributed by atoms with Crippen LogP contribution in [0.25, 0.3) is 0 Å². The molecule has 37 heavy (non-hydrogen) atoms. The lowest BCUT2D eigenvalue weighted by atomic mass is 9.68. The van der Waals surface area contributed by atoms with Crippen molar-refractivity contribution in [3.8, 4) is 6.07 Å². The number of rotatable bonds is 3. The van der Waals surface area contributed by atoms with Gasteiger partial charge >= 0.3 is 6.18 Å².